The number of H-pyrrole nitrogens is 1. The fourth-order valence-corrected chi connectivity index (χ4v) is 4.83. The summed E-state index contributed by atoms with van der Waals surface area (Å²) >= 11 is 0. The van der Waals surface area contributed by atoms with E-state index >= 15 is 0 Å². The molecule has 1 aromatic rings. The average Bonchev–Trinajstić information content (AvgIpc) is 3.42. The molecule has 1 N–H and O–H groups in total. The maximum absolute atomic E-state index is 13.2. The highest BCUT2D eigenvalue weighted by molar-refractivity contribution is 5.93. The van der Waals surface area contributed by atoms with Gasteiger partial charge in [0.25, 0.3) is 0 Å². The molecule has 4 atom stereocenters. The molecule has 1 aromatic heterocycles. The van der Waals surface area contributed by atoms with E-state index in [2.05, 4.69) is 24.0 Å². The number of hydrogen-bond acceptors (Lipinski definition) is 4. The van der Waals surface area contributed by atoms with Gasteiger partial charge in [-0.05, 0) is 12.0 Å². The second-order valence-corrected chi connectivity index (χ2v) is 8.08. The van der Waals surface area contributed by atoms with Crippen LogP contribution in [0.2, 0.25) is 0 Å². The summed E-state index contributed by atoms with van der Waals surface area (Å²) in [4.78, 5) is 30.0. The molecular formula is C20H28N4O3. The molecule has 3 aliphatic rings. The van der Waals surface area contributed by atoms with E-state index in [4.69, 9.17) is 4.74 Å². The summed E-state index contributed by atoms with van der Waals surface area (Å²) in [6, 6.07) is 1.85. The van der Waals surface area contributed by atoms with Gasteiger partial charge in [0.15, 0.2) is 0 Å². The van der Waals surface area contributed by atoms with Crippen LogP contribution < -0.4 is 0 Å². The minimum atomic E-state index is -0.622. The summed E-state index contributed by atoms with van der Waals surface area (Å²) in [5.41, 5.74) is 0.247. The van der Waals surface area contributed by atoms with Gasteiger partial charge in [-0.25, -0.2) is 0 Å². The molecule has 0 saturated carbocycles. The van der Waals surface area contributed by atoms with Crippen LogP contribution in [-0.2, 0) is 20.9 Å². The molecule has 7 heteroatoms. The van der Waals surface area contributed by atoms with Crippen LogP contribution in [0, 0.1) is 17.8 Å². The van der Waals surface area contributed by atoms with E-state index in [0.29, 0.717) is 19.0 Å². The molecule has 2 bridgehead atoms. The Morgan fingerprint density at radius 1 is 1.48 bits per heavy atom. The van der Waals surface area contributed by atoms with E-state index in [1.807, 2.05) is 23.1 Å². The minimum absolute atomic E-state index is 0.0384. The van der Waals surface area contributed by atoms with Gasteiger partial charge in [-0.1, -0.05) is 38.8 Å². The number of ether oxygens (including phenoxy) is 1. The molecule has 0 aliphatic carbocycles. The summed E-state index contributed by atoms with van der Waals surface area (Å²) < 4.78 is 6.21. The van der Waals surface area contributed by atoms with E-state index in [1.165, 1.54) is 0 Å². The van der Waals surface area contributed by atoms with Crippen molar-refractivity contribution in [3.05, 3.63) is 30.1 Å². The average molecular weight is 372 g/mol. The zero-order valence-electron chi connectivity index (χ0n) is 16.2. The third kappa shape index (κ3) is 2.88. The van der Waals surface area contributed by atoms with Crippen LogP contribution in [0.1, 0.15) is 32.4 Å². The Bertz CT molecular complexity index is 742. The Balaban J connectivity index is 1.53. The topological polar surface area (TPSA) is 78.5 Å². The van der Waals surface area contributed by atoms with Crippen LogP contribution in [0.3, 0.4) is 0 Å². The standard InChI is InChI=1S/C20H28N4O3/c1-4-13(5-2)10-24-12-20-8-6-15(27-20)16(17(20)19(24)26)18(25)23(3)11-14-7-9-21-22-14/h6-9,13,15-17H,4-5,10-12H2,1-3H3,(H,21,22)/t15-,16+,17-,20-/m0/s1. The fraction of sp³-hybridized carbons (Fsp3) is 0.650. The van der Waals surface area contributed by atoms with Crippen molar-refractivity contribution in [1.82, 2.24) is 20.0 Å². The monoisotopic (exact) mass is 372 g/mol. The van der Waals surface area contributed by atoms with E-state index in [9.17, 15) is 9.59 Å². The molecule has 146 valence electrons. The number of nitrogens with one attached hydrogen (secondary N) is 1. The number of amides is 2. The first-order chi connectivity index (χ1) is 13.0. The van der Waals surface area contributed by atoms with E-state index < -0.39 is 17.4 Å². The van der Waals surface area contributed by atoms with Gasteiger partial charge in [0.1, 0.15) is 5.60 Å². The number of likely N-dealkylation sites (tertiary alicyclic amines) is 1. The molecular weight excluding hydrogens is 344 g/mol. The first-order valence-electron chi connectivity index (χ1n) is 9.88. The molecule has 7 nitrogen and oxygen atoms in total. The van der Waals surface area contributed by atoms with E-state index in [1.54, 1.807) is 18.1 Å². The second kappa shape index (κ2) is 6.78. The normalized spacial score (nSPS) is 31.2. The van der Waals surface area contributed by atoms with Gasteiger partial charge < -0.3 is 14.5 Å². The van der Waals surface area contributed by atoms with Crippen molar-refractivity contribution < 1.29 is 14.3 Å². The lowest BCUT2D eigenvalue weighted by Gasteiger charge is -2.28. The Labute approximate surface area is 159 Å². The molecule has 3 aliphatic heterocycles. The van der Waals surface area contributed by atoms with Gasteiger partial charge >= 0.3 is 0 Å². The molecule has 0 radical (unpaired) electrons. The first kappa shape index (κ1) is 18.2. The smallest absolute Gasteiger partial charge is 0.230 e. The number of carbonyl (C=O) groups is 2. The number of rotatable bonds is 7. The van der Waals surface area contributed by atoms with Gasteiger partial charge in [-0.2, -0.15) is 5.10 Å². The number of fused-ring (bicyclic) bond motifs is 1. The summed E-state index contributed by atoms with van der Waals surface area (Å²) in [5.74, 6) is -0.325. The largest absolute Gasteiger partial charge is 0.360 e. The molecule has 2 fully saturated rings. The first-order valence-corrected chi connectivity index (χ1v) is 9.88. The van der Waals surface area contributed by atoms with Crippen LogP contribution in [0.4, 0.5) is 0 Å². The number of carbonyl (C=O) groups excluding carboxylic acids is 2. The van der Waals surface area contributed by atoms with E-state index in [0.717, 1.165) is 25.1 Å². The SMILES string of the molecule is CCC(CC)CN1C[C@]23C=C[C@H](O2)[C@@H](C(=O)N(C)Cc2ccn[nH]2)[C@H]3C1=O. The number of nitrogens with zero attached hydrogens (tertiary/aromatic N) is 3. The minimum Gasteiger partial charge on any atom is -0.360 e. The summed E-state index contributed by atoms with van der Waals surface area (Å²) in [5, 5.41) is 6.81. The zero-order chi connectivity index (χ0) is 19.2. The lowest BCUT2D eigenvalue weighted by molar-refractivity contribution is -0.143. The van der Waals surface area contributed by atoms with Gasteiger partial charge in [-0.3, -0.25) is 14.7 Å². The number of aromatic amines is 1. The maximum Gasteiger partial charge on any atom is 0.230 e. The summed E-state index contributed by atoms with van der Waals surface area (Å²) in [6.07, 6.45) is 7.45. The molecule has 0 unspecified atom stereocenters. The number of hydrogen-bond donors (Lipinski definition) is 1. The van der Waals surface area contributed by atoms with Crippen molar-refractivity contribution in [2.45, 2.75) is 44.9 Å². The lowest BCUT2D eigenvalue weighted by atomic mass is 9.76. The Morgan fingerprint density at radius 3 is 2.93 bits per heavy atom. The molecule has 27 heavy (non-hydrogen) atoms. The zero-order valence-corrected chi connectivity index (χ0v) is 16.2. The van der Waals surface area contributed by atoms with Crippen molar-refractivity contribution in [1.29, 1.82) is 0 Å². The van der Waals surface area contributed by atoms with Gasteiger partial charge in [0.2, 0.25) is 11.8 Å². The Morgan fingerprint density at radius 2 is 2.26 bits per heavy atom. The highest BCUT2D eigenvalue weighted by atomic mass is 16.5. The third-order valence-electron chi connectivity index (χ3n) is 6.44. The second-order valence-electron chi connectivity index (χ2n) is 8.08. The molecule has 4 rings (SSSR count). The molecule has 1 spiro atoms. The summed E-state index contributed by atoms with van der Waals surface area (Å²) in [6.45, 7) is 6.07. The quantitative estimate of drug-likeness (QED) is 0.737. The maximum atomic E-state index is 13.2. The molecule has 0 aromatic carbocycles. The fourth-order valence-electron chi connectivity index (χ4n) is 4.83. The number of aromatic nitrogens is 2. The third-order valence-corrected chi connectivity index (χ3v) is 6.44. The van der Waals surface area contributed by atoms with Crippen LogP contribution >= 0.6 is 0 Å². The van der Waals surface area contributed by atoms with Crippen LogP contribution in [0.5, 0.6) is 0 Å². The van der Waals surface area contributed by atoms with Crippen molar-refractivity contribution >= 4 is 11.8 Å². The summed E-state index contributed by atoms with van der Waals surface area (Å²) in [7, 11) is 1.77. The molecule has 4 heterocycles. The highest BCUT2D eigenvalue weighted by Crippen LogP contribution is 2.52. The highest BCUT2D eigenvalue weighted by Gasteiger charge is 2.67. The Hall–Kier alpha value is -2.15. The van der Waals surface area contributed by atoms with Crippen molar-refractivity contribution in [3.63, 3.8) is 0 Å². The van der Waals surface area contributed by atoms with Crippen LogP contribution in [0.25, 0.3) is 0 Å². The Kier molecular flexibility index (Phi) is 4.58. The molecule has 2 saturated heterocycles. The van der Waals surface area contributed by atoms with Gasteiger partial charge in [0.05, 0.1) is 36.7 Å². The molecule has 2 amide bonds. The van der Waals surface area contributed by atoms with Crippen LogP contribution in [-0.4, -0.2) is 63.7 Å². The van der Waals surface area contributed by atoms with Crippen LogP contribution in [0.15, 0.2) is 24.4 Å². The van der Waals surface area contributed by atoms with Gasteiger partial charge in [0, 0.05) is 19.8 Å². The van der Waals surface area contributed by atoms with Crippen molar-refractivity contribution in [2.24, 2.45) is 17.8 Å². The van der Waals surface area contributed by atoms with E-state index in [-0.39, 0.29) is 17.9 Å². The lowest BCUT2D eigenvalue weighted by Crippen LogP contribution is -2.44. The predicted octanol–water partition coefficient (Wildman–Crippen LogP) is 1.59. The van der Waals surface area contributed by atoms with Crippen molar-refractivity contribution in [3.8, 4) is 0 Å². The predicted molar refractivity (Wildman–Crippen MR) is 99.4 cm³/mol. The van der Waals surface area contributed by atoms with Gasteiger partial charge in [-0.15, -0.1) is 0 Å². The van der Waals surface area contributed by atoms with Crippen molar-refractivity contribution in [2.75, 3.05) is 20.1 Å².